The molecule has 97 heavy (non-hydrogen) atoms. The first-order valence-corrected chi connectivity index (χ1v) is 43.5. The summed E-state index contributed by atoms with van der Waals surface area (Å²) in [5.74, 6) is -0.571. The van der Waals surface area contributed by atoms with Gasteiger partial charge in [0.05, 0.1) is 26.4 Å². The zero-order chi connectivity index (χ0) is 71.4. The Morgan fingerprint density at radius 2 is 0.526 bits per heavy atom. The van der Waals surface area contributed by atoms with Gasteiger partial charge in [0, 0.05) is 25.7 Å². The Bertz CT molecular complexity index is 1870. The third-order valence-electron chi connectivity index (χ3n) is 18.6. The van der Waals surface area contributed by atoms with Crippen molar-refractivity contribution in [3.8, 4) is 0 Å². The molecule has 0 aliphatic heterocycles. The zero-order valence-corrected chi connectivity index (χ0v) is 65.2. The van der Waals surface area contributed by atoms with E-state index in [1.807, 2.05) is 0 Å². The highest BCUT2D eigenvalue weighted by molar-refractivity contribution is 7.47. The second-order valence-electron chi connectivity index (χ2n) is 28.8. The van der Waals surface area contributed by atoms with Gasteiger partial charge in [-0.15, -0.1) is 0 Å². The van der Waals surface area contributed by atoms with Gasteiger partial charge in [-0.05, 0) is 37.5 Å². The number of carbonyl (C=O) groups is 4. The molecule has 0 saturated carbocycles. The zero-order valence-electron chi connectivity index (χ0n) is 63.4. The Balaban J connectivity index is 5.24. The Labute approximate surface area is 594 Å². The van der Waals surface area contributed by atoms with Gasteiger partial charge < -0.3 is 33.8 Å². The molecular weight excluding hydrogens is 1270 g/mol. The molecule has 0 radical (unpaired) electrons. The van der Waals surface area contributed by atoms with Crippen molar-refractivity contribution >= 4 is 39.5 Å². The molecule has 0 aromatic carbocycles. The maximum atomic E-state index is 13.1. The van der Waals surface area contributed by atoms with Crippen molar-refractivity contribution in [2.45, 2.75) is 426 Å². The van der Waals surface area contributed by atoms with Crippen molar-refractivity contribution in [1.82, 2.24) is 0 Å². The number of aliphatic hydroxyl groups excluding tert-OH is 1. The minimum atomic E-state index is -4.96. The van der Waals surface area contributed by atoms with E-state index >= 15 is 0 Å². The van der Waals surface area contributed by atoms with Crippen LogP contribution >= 0.6 is 15.6 Å². The molecule has 576 valence electrons. The van der Waals surface area contributed by atoms with E-state index in [0.717, 1.165) is 108 Å². The summed E-state index contributed by atoms with van der Waals surface area (Å²) >= 11 is 0. The predicted octanol–water partition coefficient (Wildman–Crippen LogP) is 23.1. The van der Waals surface area contributed by atoms with Gasteiger partial charge in [-0.25, -0.2) is 9.13 Å². The van der Waals surface area contributed by atoms with Crippen LogP contribution in [0, 0.1) is 11.8 Å². The second kappa shape index (κ2) is 69.8. The highest BCUT2D eigenvalue weighted by Crippen LogP contribution is 2.45. The summed E-state index contributed by atoms with van der Waals surface area (Å²) in [4.78, 5) is 72.9. The van der Waals surface area contributed by atoms with Crippen molar-refractivity contribution in [2.75, 3.05) is 39.6 Å². The molecule has 0 amide bonds. The summed E-state index contributed by atoms with van der Waals surface area (Å²) in [5.41, 5.74) is 0. The standard InChI is InChI=1S/C78H152O17P2/c1-7-10-12-14-16-18-20-22-29-33-37-41-48-54-60-75(80)88-66-73(94-77(82)63-57-51-43-39-35-31-27-25-24-26-28-32-36-40-46-52-58-70(4)5)68-92-96(84,85)90-64-72(79)65-91-97(86,87)93-69-74(67-89-76(81)61-55-49-45-44-47-53-59-71(6)9-3)95-78(83)62-56-50-42-38-34-30-23-21-19-17-15-13-11-8-2/h70-74,79H,7-69H2,1-6H3,(H,84,85)(H,86,87)/t71?,72-,73-,74-/m1/s1. The van der Waals surface area contributed by atoms with Gasteiger partial charge in [0.2, 0.25) is 0 Å². The number of unbranched alkanes of at least 4 members (excludes halogenated alkanes) is 46. The first kappa shape index (κ1) is 95.1. The molecule has 3 unspecified atom stereocenters. The van der Waals surface area contributed by atoms with Gasteiger partial charge >= 0.3 is 39.5 Å². The smallest absolute Gasteiger partial charge is 0.462 e. The van der Waals surface area contributed by atoms with E-state index in [1.165, 1.54) is 218 Å². The van der Waals surface area contributed by atoms with Gasteiger partial charge in [-0.3, -0.25) is 37.3 Å². The van der Waals surface area contributed by atoms with Crippen LogP contribution in [-0.2, 0) is 65.4 Å². The molecule has 6 atom stereocenters. The quantitative estimate of drug-likeness (QED) is 0.0222. The Morgan fingerprint density at radius 1 is 0.299 bits per heavy atom. The molecule has 0 fully saturated rings. The molecule has 0 saturated heterocycles. The lowest BCUT2D eigenvalue weighted by Crippen LogP contribution is -2.30. The Kier molecular flexibility index (Phi) is 68.4. The molecule has 3 N–H and O–H groups in total. The molecule has 0 aliphatic rings. The number of phosphoric ester groups is 2. The van der Waals surface area contributed by atoms with Gasteiger partial charge in [0.25, 0.3) is 0 Å². The number of hydrogen-bond donors (Lipinski definition) is 3. The third kappa shape index (κ3) is 70.9. The fraction of sp³-hybridized carbons (Fsp3) is 0.949. The third-order valence-corrected chi connectivity index (χ3v) is 20.5. The van der Waals surface area contributed by atoms with Gasteiger partial charge in [0.15, 0.2) is 12.2 Å². The fourth-order valence-electron chi connectivity index (χ4n) is 12.0. The normalized spacial score (nSPS) is 14.2. The van der Waals surface area contributed by atoms with Crippen molar-refractivity contribution in [3.63, 3.8) is 0 Å². The number of aliphatic hydroxyl groups is 1. The molecule has 0 bridgehead atoms. The molecule has 0 spiro atoms. The lowest BCUT2D eigenvalue weighted by atomic mass is 10.00. The van der Waals surface area contributed by atoms with Crippen molar-refractivity contribution in [3.05, 3.63) is 0 Å². The van der Waals surface area contributed by atoms with E-state index < -0.39 is 97.5 Å². The first-order chi connectivity index (χ1) is 46.9. The molecule has 19 heteroatoms. The van der Waals surface area contributed by atoms with Crippen LogP contribution in [0.1, 0.15) is 408 Å². The SMILES string of the molecule is CCCCCCCCCCCCCCCCC(=O)OC[C@H](COP(=O)(O)OC[C@@H](O)COP(=O)(O)OC[C@@H](COC(=O)CCCCCCCCC(C)CC)OC(=O)CCCCCCCCCCCCCCCC)OC(=O)CCCCCCCCCCCCCCCCCCC(C)C. The minimum Gasteiger partial charge on any atom is -0.462 e. The van der Waals surface area contributed by atoms with Crippen LogP contribution in [-0.4, -0.2) is 96.7 Å². The monoisotopic (exact) mass is 1420 g/mol. The average Bonchev–Trinajstić information content (AvgIpc) is 1.25. The summed E-state index contributed by atoms with van der Waals surface area (Å²) < 4.78 is 68.6. The first-order valence-electron chi connectivity index (χ1n) is 40.5. The molecule has 0 aromatic rings. The summed E-state index contributed by atoms with van der Waals surface area (Å²) in [6.07, 6.45) is 58.2. The Hall–Kier alpha value is -1.94. The van der Waals surface area contributed by atoms with E-state index in [9.17, 15) is 43.2 Å². The van der Waals surface area contributed by atoms with Crippen LogP contribution < -0.4 is 0 Å². The topological polar surface area (TPSA) is 237 Å². The molecule has 17 nitrogen and oxygen atoms in total. The number of phosphoric acid groups is 2. The summed E-state index contributed by atoms with van der Waals surface area (Å²) in [5, 5.41) is 10.6. The summed E-state index contributed by atoms with van der Waals surface area (Å²) in [6, 6.07) is 0. The lowest BCUT2D eigenvalue weighted by Gasteiger charge is -2.21. The number of carbonyl (C=O) groups excluding carboxylic acids is 4. The maximum absolute atomic E-state index is 13.1. The van der Waals surface area contributed by atoms with E-state index in [2.05, 4.69) is 41.5 Å². The van der Waals surface area contributed by atoms with E-state index in [-0.39, 0.29) is 25.7 Å². The van der Waals surface area contributed by atoms with Crippen molar-refractivity contribution in [1.29, 1.82) is 0 Å². The number of ether oxygens (including phenoxy) is 4. The van der Waals surface area contributed by atoms with E-state index in [1.54, 1.807) is 0 Å². The van der Waals surface area contributed by atoms with Crippen molar-refractivity contribution in [2.24, 2.45) is 11.8 Å². The second-order valence-corrected chi connectivity index (χ2v) is 31.7. The lowest BCUT2D eigenvalue weighted by molar-refractivity contribution is -0.161. The minimum absolute atomic E-state index is 0.107. The maximum Gasteiger partial charge on any atom is 0.472 e. The summed E-state index contributed by atoms with van der Waals surface area (Å²) in [7, 11) is -9.91. The molecule has 0 aromatic heterocycles. The van der Waals surface area contributed by atoms with Crippen LogP contribution in [0.25, 0.3) is 0 Å². The van der Waals surface area contributed by atoms with Crippen LogP contribution in [0.15, 0.2) is 0 Å². The number of hydrogen-bond acceptors (Lipinski definition) is 15. The number of rotatable bonds is 77. The van der Waals surface area contributed by atoms with Crippen molar-refractivity contribution < 1.29 is 80.2 Å². The van der Waals surface area contributed by atoms with E-state index in [4.69, 9.17) is 37.0 Å². The van der Waals surface area contributed by atoms with Crippen LogP contribution in [0.3, 0.4) is 0 Å². The van der Waals surface area contributed by atoms with Crippen LogP contribution in [0.2, 0.25) is 0 Å². The number of esters is 4. The van der Waals surface area contributed by atoms with Gasteiger partial charge in [-0.2, -0.15) is 0 Å². The van der Waals surface area contributed by atoms with Crippen LogP contribution in [0.5, 0.6) is 0 Å². The predicted molar refractivity (Wildman–Crippen MR) is 395 cm³/mol. The highest BCUT2D eigenvalue weighted by Gasteiger charge is 2.30. The largest absolute Gasteiger partial charge is 0.472 e. The molecule has 0 aliphatic carbocycles. The molecule has 0 heterocycles. The molecule has 0 rings (SSSR count). The van der Waals surface area contributed by atoms with Gasteiger partial charge in [-0.1, -0.05) is 356 Å². The van der Waals surface area contributed by atoms with Gasteiger partial charge in [0.1, 0.15) is 19.3 Å². The van der Waals surface area contributed by atoms with E-state index in [0.29, 0.717) is 25.7 Å². The average molecular weight is 1420 g/mol. The highest BCUT2D eigenvalue weighted by atomic mass is 31.2. The molecular formula is C78H152O17P2. The summed E-state index contributed by atoms with van der Waals surface area (Å²) in [6.45, 7) is 9.61. The van der Waals surface area contributed by atoms with Crippen LogP contribution in [0.4, 0.5) is 0 Å². The fourth-order valence-corrected chi connectivity index (χ4v) is 13.6. The Morgan fingerprint density at radius 3 is 0.784 bits per heavy atom.